The fourth-order valence-corrected chi connectivity index (χ4v) is 4.58. The molecule has 9 heteroatoms. The van der Waals surface area contributed by atoms with Gasteiger partial charge in [0.15, 0.2) is 0 Å². The molecular weight excluding hydrogens is 439 g/mol. The fraction of sp³-hybridized carbons (Fsp3) is 0.364. The van der Waals surface area contributed by atoms with Crippen molar-refractivity contribution in [3.8, 4) is 17.0 Å². The number of aryl methyl sites for hydroxylation is 1. The van der Waals surface area contributed by atoms with E-state index in [0.717, 1.165) is 11.3 Å². The highest BCUT2D eigenvalue weighted by Gasteiger charge is 2.36. The fourth-order valence-electron chi connectivity index (χ4n) is 4.08. The van der Waals surface area contributed by atoms with Crippen LogP contribution in [0.25, 0.3) is 22.0 Å². The lowest BCUT2D eigenvalue weighted by molar-refractivity contribution is -0.135. The normalized spacial score (nSPS) is 15.7. The Balaban J connectivity index is 1.86. The summed E-state index contributed by atoms with van der Waals surface area (Å²) in [6, 6.07) is 5.18. The van der Waals surface area contributed by atoms with Crippen molar-refractivity contribution in [1.82, 2.24) is 14.5 Å². The average molecular weight is 463 g/mol. The molecule has 1 aromatic carbocycles. The number of aromatic nitrogens is 2. The minimum atomic E-state index is -0.400. The zero-order valence-electron chi connectivity index (χ0n) is 17.6. The number of aromatic hydroxyl groups is 1. The van der Waals surface area contributed by atoms with Crippen molar-refractivity contribution >= 4 is 40.0 Å². The number of nitrogens with two attached hydrogens (primary N) is 1. The van der Waals surface area contributed by atoms with Crippen LogP contribution in [0.1, 0.15) is 25.1 Å². The first kappa shape index (κ1) is 21.9. The van der Waals surface area contributed by atoms with Crippen molar-refractivity contribution in [2.75, 3.05) is 13.3 Å². The Morgan fingerprint density at radius 1 is 1.35 bits per heavy atom. The van der Waals surface area contributed by atoms with E-state index in [2.05, 4.69) is 4.98 Å². The predicted molar refractivity (Wildman–Crippen MR) is 121 cm³/mol. The van der Waals surface area contributed by atoms with Crippen LogP contribution in [-0.2, 0) is 22.6 Å². The van der Waals surface area contributed by atoms with Crippen LogP contribution in [0, 0.1) is 6.92 Å². The Hall–Kier alpha value is -2.32. The molecule has 7 nitrogen and oxygen atoms in total. The van der Waals surface area contributed by atoms with Gasteiger partial charge in [-0.25, -0.2) is 0 Å². The molecule has 0 spiro atoms. The summed E-state index contributed by atoms with van der Waals surface area (Å²) in [6.07, 6.45) is 1.67. The monoisotopic (exact) mass is 462 g/mol. The molecule has 3 N–H and O–H groups in total. The van der Waals surface area contributed by atoms with E-state index in [0.29, 0.717) is 38.7 Å². The molecule has 0 bridgehead atoms. The summed E-state index contributed by atoms with van der Waals surface area (Å²) in [5, 5.41) is 12.6. The molecule has 0 atom stereocenters. The molecule has 31 heavy (non-hydrogen) atoms. The summed E-state index contributed by atoms with van der Waals surface area (Å²) in [4.78, 5) is 19.2. The number of benzene rings is 1. The number of rotatable bonds is 4. The third-order valence-corrected chi connectivity index (χ3v) is 6.27. The van der Waals surface area contributed by atoms with Crippen LogP contribution in [0.4, 0.5) is 0 Å². The van der Waals surface area contributed by atoms with E-state index in [1.54, 1.807) is 29.3 Å². The first-order valence-corrected chi connectivity index (χ1v) is 10.6. The summed E-state index contributed by atoms with van der Waals surface area (Å²) in [7, 11) is 0. The first-order chi connectivity index (χ1) is 14.6. The third kappa shape index (κ3) is 3.76. The van der Waals surface area contributed by atoms with Crippen molar-refractivity contribution in [1.29, 1.82) is 0 Å². The summed E-state index contributed by atoms with van der Waals surface area (Å²) in [5.74, 6) is -0.218. The van der Waals surface area contributed by atoms with Gasteiger partial charge in [0.25, 0.3) is 0 Å². The number of pyridine rings is 1. The van der Waals surface area contributed by atoms with E-state index in [1.807, 2.05) is 20.8 Å². The van der Waals surface area contributed by atoms with E-state index in [4.69, 9.17) is 33.7 Å². The zero-order valence-corrected chi connectivity index (χ0v) is 19.1. The number of amides is 1. The molecule has 3 aromatic rings. The highest BCUT2D eigenvalue weighted by molar-refractivity contribution is 6.36. The van der Waals surface area contributed by atoms with E-state index in [-0.39, 0.29) is 31.6 Å². The second-order valence-electron chi connectivity index (χ2n) is 8.33. The van der Waals surface area contributed by atoms with Crippen molar-refractivity contribution < 1.29 is 14.6 Å². The Morgan fingerprint density at radius 2 is 2.10 bits per heavy atom. The van der Waals surface area contributed by atoms with Crippen molar-refractivity contribution in [2.24, 2.45) is 5.73 Å². The number of ether oxygens (including phenoxy) is 1. The lowest BCUT2D eigenvalue weighted by Gasteiger charge is -2.29. The predicted octanol–water partition coefficient (Wildman–Crippen LogP) is 4.08. The van der Waals surface area contributed by atoms with Crippen LogP contribution in [0.15, 0.2) is 24.4 Å². The van der Waals surface area contributed by atoms with E-state index in [1.165, 1.54) is 4.57 Å². The molecule has 1 saturated heterocycles. The second-order valence-corrected chi connectivity index (χ2v) is 9.18. The quantitative estimate of drug-likeness (QED) is 0.608. The van der Waals surface area contributed by atoms with E-state index in [9.17, 15) is 9.90 Å². The SMILES string of the molecule is Cc1nc2cn(CC(=O)N3COCC3(C)C)c(O)c2c(-c2ccc(Cl)cc2Cl)c1CN. The van der Waals surface area contributed by atoms with Gasteiger partial charge in [-0.1, -0.05) is 29.3 Å². The summed E-state index contributed by atoms with van der Waals surface area (Å²) in [6.45, 7) is 6.63. The van der Waals surface area contributed by atoms with Gasteiger partial charge in [0.1, 0.15) is 13.3 Å². The number of halogens is 2. The second kappa shape index (κ2) is 7.98. The van der Waals surface area contributed by atoms with Gasteiger partial charge in [-0.2, -0.15) is 0 Å². The van der Waals surface area contributed by atoms with E-state index < -0.39 is 5.54 Å². The molecule has 0 saturated carbocycles. The number of hydrogen-bond donors (Lipinski definition) is 2. The Morgan fingerprint density at radius 3 is 2.71 bits per heavy atom. The van der Waals surface area contributed by atoms with Gasteiger partial charge >= 0.3 is 0 Å². The van der Waals surface area contributed by atoms with Gasteiger partial charge in [-0.15, -0.1) is 0 Å². The summed E-state index contributed by atoms with van der Waals surface area (Å²) >= 11 is 12.6. The number of carbonyl (C=O) groups excluding carboxylic acids is 1. The minimum Gasteiger partial charge on any atom is -0.494 e. The van der Waals surface area contributed by atoms with Gasteiger partial charge in [0, 0.05) is 39.6 Å². The van der Waals surface area contributed by atoms with Crippen LogP contribution >= 0.6 is 23.2 Å². The standard InChI is InChI=1S/C22H24Cl2N4O3/c1-12-15(7-25)19(14-5-4-13(23)6-16(14)24)20-17(26-12)8-27(21(20)30)9-18(29)28-11-31-10-22(28,2)3/h4-6,8,30H,7,9-11,25H2,1-3H3. The lowest BCUT2D eigenvalue weighted by Crippen LogP contribution is -2.45. The number of hydrogen-bond acceptors (Lipinski definition) is 5. The van der Waals surface area contributed by atoms with Gasteiger partial charge in [0.2, 0.25) is 11.8 Å². The first-order valence-electron chi connectivity index (χ1n) is 9.89. The molecule has 164 valence electrons. The van der Waals surface area contributed by atoms with Crippen LogP contribution in [0.5, 0.6) is 5.88 Å². The molecular formula is C22H24Cl2N4O3. The smallest absolute Gasteiger partial charge is 0.244 e. The van der Waals surface area contributed by atoms with Gasteiger partial charge in [-0.05, 0) is 38.5 Å². The largest absolute Gasteiger partial charge is 0.494 e. The third-order valence-electron chi connectivity index (χ3n) is 5.72. The molecule has 0 unspecified atom stereocenters. The molecule has 3 heterocycles. The van der Waals surface area contributed by atoms with Crippen LogP contribution < -0.4 is 5.73 Å². The molecule has 1 aliphatic heterocycles. The van der Waals surface area contributed by atoms with E-state index >= 15 is 0 Å². The topological polar surface area (TPSA) is 93.6 Å². The maximum Gasteiger partial charge on any atom is 0.244 e. The van der Waals surface area contributed by atoms with Crippen LogP contribution in [-0.4, -0.2) is 44.3 Å². The minimum absolute atomic E-state index is 0.0419. The Labute approximate surface area is 190 Å². The summed E-state index contributed by atoms with van der Waals surface area (Å²) in [5.41, 5.74) is 9.08. The highest BCUT2D eigenvalue weighted by Crippen LogP contribution is 2.42. The molecule has 1 aliphatic rings. The number of carbonyl (C=O) groups is 1. The maximum absolute atomic E-state index is 12.9. The molecule has 2 aromatic heterocycles. The van der Waals surface area contributed by atoms with Crippen molar-refractivity contribution in [2.45, 2.75) is 39.4 Å². The van der Waals surface area contributed by atoms with Crippen molar-refractivity contribution in [3.63, 3.8) is 0 Å². The molecule has 4 rings (SSSR count). The van der Waals surface area contributed by atoms with Crippen LogP contribution in [0.3, 0.4) is 0 Å². The highest BCUT2D eigenvalue weighted by atomic mass is 35.5. The lowest BCUT2D eigenvalue weighted by atomic mass is 9.95. The van der Waals surface area contributed by atoms with Crippen LogP contribution in [0.2, 0.25) is 10.0 Å². The average Bonchev–Trinajstić information content (AvgIpc) is 3.19. The zero-order chi connectivity index (χ0) is 22.5. The van der Waals surface area contributed by atoms with Gasteiger partial charge in [0.05, 0.1) is 23.0 Å². The Kier molecular flexibility index (Phi) is 5.64. The van der Waals surface area contributed by atoms with Gasteiger partial charge < -0.3 is 25.0 Å². The Bertz CT molecular complexity index is 1190. The number of fused-ring (bicyclic) bond motifs is 1. The molecule has 0 aliphatic carbocycles. The van der Waals surface area contributed by atoms with Crippen molar-refractivity contribution in [3.05, 3.63) is 45.7 Å². The maximum atomic E-state index is 12.9. The summed E-state index contributed by atoms with van der Waals surface area (Å²) < 4.78 is 6.95. The number of nitrogens with zero attached hydrogens (tertiary/aromatic N) is 3. The van der Waals surface area contributed by atoms with Gasteiger partial charge in [-0.3, -0.25) is 9.78 Å². The molecule has 0 radical (unpaired) electrons. The molecule has 1 fully saturated rings. The molecule has 1 amide bonds.